The molecule has 0 amide bonds. The van der Waals surface area contributed by atoms with Crippen molar-refractivity contribution in [2.24, 2.45) is 5.10 Å². The maximum absolute atomic E-state index is 12.3. The number of ether oxygens (including phenoxy) is 1. The topological polar surface area (TPSA) is 33.6 Å². The van der Waals surface area contributed by atoms with E-state index >= 15 is 0 Å². The maximum Gasteiger partial charge on any atom is 0.573 e. The number of rotatable bonds is 4. The molecule has 0 aromatic heterocycles. The van der Waals surface area contributed by atoms with Gasteiger partial charge >= 0.3 is 6.36 Å². The van der Waals surface area contributed by atoms with Crippen molar-refractivity contribution in [3.8, 4) is 5.75 Å². The molecule has 21 heavy (non-hydrogen) atoms. The minimum Gasteiger partial charge on any atom is -0.405 e. The summed E-state index contributed by atoms with van der Waals surface area (Å²) in [5.74, 6) is -0.409. The first-order valence-electron chi connectivity index (χ1n) is 5.84. The van der Waals surface area contributed by atoms with Crippen LogP contribution in [0.2, 0.25) is 5.02 Å². The highest BCUT2D eigenvalue weighted by Gasteiger charge is 2.32. The van der Waals surface area contributed by atoms with Crippen molar-refractivity contribution in [1.82, 2.24) is 0 Å². The Morgan fingerprint density at radius 3 is 2.43 bits per heavy atom. The molecule has 0 atom stereocenters. The third-order valence-electron chi connectivity index (χ3n) is 2.40. The van der Waals surface area contributed by atoms with E-state index in [1.165, 1.54) is 24.4 Å². The van der Waals surface area contributed by atoms with Gasteiger partial charge in [-0.25, -0.2) is 0 Å². The molecule has 2 rings (SSSR count). The summed E-state index contributed by atoms with van der Waals surface area (Å²) in [5, 5.41) is 3.96. The molecule has 0 unspecified atom stereocenters. The quantitative estimate of drug-likeness (QED) is 0.656. The SMILES string of the molecule is FC(F)(F)Oc1cccc(Cl)c1C=NNc1ccccc1. The van der Waals surface area contributed by atoms with Crippen LogP contribution in [0, 0.1) is 0 Å². The van der Waals surface area contributed by atoms with Crippen LogP contribution in [0.25, 0.3) is 0 Å². The highest BCUT2D eigenvalue weighted by Crippen LogP contribution is 2.29. The van der Waals surface area contributed by atoms with Crippen LogP contribution in [-0.4, -0.2) is 12.6 Å². The van der Waals surface area contributed by atoms with Gasteiger partial charge in [0.2, 0.25) is 0 Å². The van der Waals surface area contributed by atoms with Crippen LogP contribution in [0.4, 0.5) is 18.9 Å². The number of anilines is 1. The van der Waals surface area contributed by atoms with E-state index in [-0.39, 0.29) is 10.6 Å². The van der Waals surface area contributed by atoms with E-state index in [1.54, 1.807) is 24.3 Å². The van der Waals surface area contributed by atoms with E-state index in [2.05, 4.69) is 15.3 Å². The molecule has 2 aromatic rings. The lowest BCUT2D eigenvalue weighted by atomic mass is 10.2. The zero-order chi connectivity index (χ0) is 15.3. The van der Waals surface area contributed by atoms with Crippen LogP contribution >= 0.6 is 11.6 Å². The van der Waals surface area contributed by atoms with Gasteiger partial charge in [0.15, 0.2) is 0 Å². The Hall–Kier alpha value is -2.21. The van der Waals surface area contributed by atoms with Gasteiger partial charge in [-0.2, -0.15) is 5.10 Å². The molecule has 7 heteroatoms. The fourth-order valence-electron chi connectivity index (χ4n) is 1.54. The first-order chi connectivity index (χ1) is 9.96. The van der Waals surface area contributed by atoms with Gasteiger partial charge < -0.3 is 4.74 Å². The molecular weight excluding hydrogens is 305 g/mol. The van der Waals surface area contributed by atoms with E-state index in [9.17, 15) is 13.2 Å². The van der Waals surface area contributed by atoms with Crippen molar-refractivity contribution in [2.45, 2.75) is 6.36 Å². The van der Waals surface area contributed by atoms with Gasteiger partial charge in [-0.05, 0) is 24.3 Å². The Labute approximate surface area is 124 Å². The number of alkyl halides is 3. The van der Waals surface area contributed by atoms with Crippen molar-refractivity contribution < 1.29 is 17.9 Å². The molecule has 1 N–H and O–H groups in total. The number of nitrogens with zero attached hydrogens (tertiary/aromatic N) is 1. The van der Waals surface area contributed by atoms with Crippen LogP contribution in [0.1, 0.15) is 5.56 Å². The molecule has 0 radical (unpaired) electrons. The average molecular weight is 315 g/mol. The summed E-state index contributed by atoms with van der Waals surface area (Å²) in [6.45, 7) is 0. The summed E-state index contributed by atoms with van der Waals surface area (Å²) in [6, 6.07) is 12.9. The van der Waals surface area contributed by atoms with Crippen molar-refractivity contribution in [3.63, 3.8) is 0 Å². The number of para-hydroxylation sites is 1. The van der Waals surface area contributed by atoms with Crippen LogP contribution in [-0.2, 0) is 0 Å². The molecule has 110 valence electrons. The Morgan fingerprint density at radius 1 is 1.05 bits per heavy atom. The molecule has 2 aromatic carbocycles. The van der Waals surface area contributed by atoms with Crippen LogP contribution in [0.5, 0.6) is 5.75 Å². The standard InChI is InChI=1S/C14H10ClF3N2O/c15-12-7-4-8-13(21-14(16,17)18)11(12)9-19-20-10-5-2-1-3-6-10/h1-9,20H. The van der Waals surface area contributed by atoms with Gasteiger partial charge in [-0.15, -0.1) is 13.2 Å². The number of hydrazone groups is 1. The molecule has 0 aliphatic carbocycles. The zero-order valence-corrected chi connectivity index (χ0v) is 11.3. The predicted molar refractivity (Wildman–Crippen MR) is 75.8 cm³/mol. The van der Waals surface area contributed by atoms with Gasteiger partial charge in [0.1, 0.15) is 5.75 Å². The summed E-state index contributed by atoms with van der Waals surface area (Å²) in [4.78, 5) is 0. The predicted octanol–water partition coefficient (Wildman–Crippen LogP) is 4.68. The lowest BCUT2D eigenvalue weighted by Gasteiger charge is -2.11. The van der Waals surface area contributed by atoms with E-state index < -0.39 is 12.1 Å². The van der Waals surface area contributed by atoms with Gasteiger partial charge in [0.05, 0.1) is 22.5 Å². The molecule has 0 heterocycles. The third-order valence-corrected chi connectivity index (χ3v) is 2.73. The van der Waals surface area contributed by atoms with Crippen molar-refractivity contribution in [2.75, 3.05) is 5.43 Å². The van der Waals surface area contributed by atoms with Crippen molar-refractivity contribution in [1.29, 1.82) is 0 Å². The van der Waals surface area contributed by atoms with Crippen molar-refractivity contribution in [3.05, 3.63) is 59.1 Å². The summed E-state index contributed by atoms with van der Waals surface area (Å²) in [6.07, 6.45) is -3.61. The molecule has 0 aliphatic rings. The Balaban J connectivity index is 2.19. The van der Waals surface area contributed by atoms with Gasteiger partial charge in [0, 0.05) is 0 Å². The summed E-state index contributed by atoms with van der Waals surface area (Å²) in [5.41, 5.74) is 3.42. The number of halogens is 4. The molecule has 0 spiro atoms. The first kappa shape index (κ1) is 15.2. The lowest BCUT2D eigenvalue weighted by Crippen LogP contribution is -2.18. The number of hydrogen-bond acceptors (Lipinski definition) is 3. The second-order valence-electron chi connectivity index (χ2n) is 3.94. The fourth-order valence-corrected chi connectivity index (χ4v) is 1.75. The average Bonchev–Trinajstić information content (AvgIpc) is 2.41. The first-order valence-corrected chi connectivity index (χ1v) is 6.22. The van der Waals surface area contributed by atoms with E-state index in [1.807, 2.05) is 6.07 Å². The summed E-state index contributed by atoms with van der Waals surface area (Å²) >= 11 is 5.87. The maximum atomic E-state index is 12.3. The van der Waals surface area contributed by atoms with Crippen LogP contribution in [0.3, 0.4) is 0 Å². The normalized spacial score (nSPS) is 11.6. The monoisotopic (exact) mass is 314 g/mol. The second-order valence-corrected chi connectivity index (χ2v) is 4.34. The number of benzene rings is 2. The minimum atomic E-state index is -4.79. The zero-order valence-electron chi connectivity index (χ0n) is 10.6. The van der Waals surface area contributed by atoms with Gasteiger partial charge in [-0.3, -0.25) is 5.43 Å². The molecule has 0 aliphatic heterocycles. The lowest BCUT2D eigenvalue weighted by molar-refractivity contribution is -0.274. The largest absolute Gasteiger partial charge is 0.573 e. The summed E-state index contributed by atoms with van der Waals surface area (Å²) in [7, 11) is 0. The molecule has 0 bridgehead atoms. The van der Waals surface area contributed by atoms with Gasteiger partial charge in [-0.1, -0.05) is 35.9 Å². The van der Waals surface area contributed by atoms with Gasteiger partial charge in [0.25, 0.3) is 0 Å². The number of nitrogens with one attached hydrogen (secondary N) is 1. The molecule has 0 saturated heterocycles. The van der Waals surface area contributed by atoms with E-state index in [0.29, 0.717) is 5.69 Å². The van der Waals surface area contributed by atoms with E-state index in [0.717, 1.165) is 0 Å². The molecule has 0 fully saturated rings. The smallest absolute Gasteiger partial charge is 0.405 e. The molecule has 0 saturated carbocycles. The second kappa shape index (κ2) is 6.49. The van der Waals surface area contributed by atoms with Crippen LogP contribution in [0.15, 0.2) is 53.6 Å². The van der Waals surface area contributed by atoms with Crippen molar-refractivity contribution >= 4 is 23.5 Å². The molecular formula is C14H10ClF3N2O. The Bertz CT molecular complexity index is 630. The molecule has 3 nitrogen and oxygen atoms in total. The Morgan fingerprint density at radius 2 is 1.76 bits per heavy atom. The highest BCUT2D eigenvalue weighted by molar-refractivity contribution is 6.33. The van der Waals surface area contributed by atoms with Crippen LogP contribution < -0.4 is 10.2 Å². The summed E-state index contributed by atoms with van der Waals surface area (Å²) < 4.78 is 40.9. The minimum absolute atomic E-state index is 0.0416. The fraction of sp³-hybridized carbons (Fsp3) is 0.0714. The van der Waals surface area contributed by atoms with E-state index in [4.69, 9.17) is 11.6 Å². The number of hydrogen-bond donors (Lipinski definition) is 1. The third kappa shape index (κ3) is 4.68. The highest BCUT2D eigenvalue weighted by atomic mass is 35.5. The Kier molecular flexibility index (Phi) is 4.70.